The van der Waals surface area contributed by atoms with Gasteiger partial charge in [0, 0.05) is 6.54 Å². The minimum Gasteiger partial charge on any atom is -0.497 e. The van der Waals surface area contributed by atoms with Crippen molar-refractivity contribution in [3.8, 4) is 5.75 Å². The number of hydrogen-bond donors (Lipinski definition) is 1. The van der Waals surface area contributed by atoms with Gasteiger partial charge in [0.25, 0.3) is 0 Å². The smallest absolute Gasteiger partial charge is 0.132 e. The van der Waals surface area contributed by atoms with Gasteiger partial charge in [-0.3, -0.25) is 0 Å². The number of anilines is 1. The Morgan fingerprint density at radius 3 is 2.61 bits per heavy atom. The molecule has 2 aromatic rings. The highest BCUT2D eigenvalue weighted by molar-refractivity contribution is 5.37. The van der Waals surface area contributed by atoms with E-state index in [0.717, 1.165) is 11.3 Å². The Hall–Kier alpha value is -2.10. The van der Waals surface area contributed by atoms with Crippen LogP contribution < -0.4 is 10.1 Å². The van der Waals surface area contributed by atoms with Gasteiger partial charge in [0.2, 0.25) is 0 Å². The summed E-state index contributed by atoms with van der Waals surface area (Å²) in [4.78, 5) is 4.13. The molecule has 0 amide bonds. The average Bonchev–Trinajstić information content (AvgIpc) is 2.46. The van der Waals surface area contributed by atoms with Crippen LogP contribution in [0.3, 0.4) is 0 Å². The van der Waals surface area contributed by atoms with Crippen LogP contribution in [0.2, 0.25) is 0 Å². The highest BCUT2D eigenvalue weighted by Crippen LogP contribution is 2.13. The predicted octanol–water partition coefficient (Wildman–Crippen LogP) is 3.17. The Morgan fingerprint density at radius 2 is 1.94 bits per heavy atom. The Bertz CT molecular complexity index is 499. The number of rotatable bonds is 5. The quantitative estimate of drug-likeness (QED) is 0.879. The van der Waals surface area contributed by atoms with E-state index in [0.29, 0.717) is 18.1 Å². The first-order chi connectivity index (χ1) is 8.81. The summed E-state index contributed by atoms with van der Waals surface area (Å²) in [7, 11) is 1.64. The molecule has 1 aromatic carbocycles. The van der Waals surface area contributed by atoms with Crippen LogP contribution in [0, 0.1) is 0 Å². The zero-order valence-electron chi connectivity index (χ0n) is 10.2. The van der Waals surface area contributed by atoms with E-state index in [2.05, 4.69) is 10.3 Å². The molecule has 1 aromatic heterocycles. The minimum atomic E-state index is -0.544. The molecule has 3 nitrogen and oxygen atoms in total. The number of aromatic nitrogens is 1. The van der Waals surface area contributed by atoms with Gasteiger partial charge < -0.3 is 10.1 Å². The molecular formula is C14H15FN2O. The van der Waals surface area contributed by atoms with Crippen molar-refractivity contribution >= 4 is 5.82 Å². The van der Waals surface area contributed by atoms with Crippen molar-refractivity contribution in [1.29, 1.82) is 0 Å². The first kappa shape index (κ1) is 12.4. The molecule has 0 radical (unpaired) electrons. The van der Waals surface area contributed by atoms with Crippen molar-refractivity contribution in [2.75, 3.05) is 12.4 Å². The SMILES string of the molecule is COc1ccc(CNc2cccc(CF)n2)cc1. The van der Waals surface area contributed by atoms with Crippen LogP contribution in [0.4, 0.5) is 10.2 Å². The molecule has 94 valence electrons. The van der Waals surface area contributed by atoms with Crippen molar-refractivity contribution in [3.63, 3.8) is 0 Å². The number of ether oxygens (including phenoxy) is 1. The lowest BCUT2D eigenvalue weighted by molar-refractivity contribution is 0.414. The van der Waals surface area contributed by atoms with Crippen LogP contribution in [0.1, 0.15) is 11.3 Å². The van der Waals surface area contributed by atoms with Gasteiger partial charge in [-0.05, 0) is 29.8 Å². The number of benzene rings is 1. The van der Waals surface area contributed by atoms with Crippen LogP contribution in [0.25, 0.3) is 0 Å². The standard InChI is InChI=1S/C14H15FN2O/c1-18-13-7-5-11(6-8-13)10-16-14-4-2-3-12(9-15)17-14/h2-8H,9-10H2,1H3,(H,16,17). The number of alkyl halides is 1. The minimum absolute atomic E-state index is 0.440. The van der Waals surface area contributed by atoms with Gasteiger partial charge in [-0.2, -0.15) is 0 Å². The number of nitrogens with one attached hydrogen (secondary N) is 1. The molecule has 18 heavy (non-hydrogen) atoms. The van der Waals surface area contributed by atoms with E-state index in [-0.39, 0.29) is 0 Å². The van der Waals surface area contributed by atoms with Crippen molar-refractivity contribution in [2.24, 2.45) is 0 Å². The number of nitrogens with zero attached hydrogens (tertiary/aromatic N) is 1. The van der Waals surface area contributed by atoms with Crippen molar-refractivity contribution in [1.82, 2.24) is 4.98 Å². The first-order valence-electron chi connectivity index (χ1n) is 5.70. The largest absolute Gasteiger partial charge is 0.497 e. The number of halogens is 1. The summed E-state index contributed by atoms with van der Waals surface area (Å²) < 4.78 is 17.5. The molecule has 0 bridgehead atoms. The highest BCUT2D eigenvalue weighted by atomic mass is 19.1. The van der Waals surface area contributed by atoms with Gasteiger partial charge >= 0.3 is 0 Å². The van der Waals surface area contributed by atoms with Crippen LogP contribution in [0.5, 0.6) is 5.75 Å². The molecule has 0 saturated heterocycles. The maximum absolute atomic E-state index is 12.4. The van der Waals surface area contributed by atoms with Gasteiger partial charge in [-0.15, -0.1) is 0 Å². The van der Waals surface area contributed by atoms with Crippen LogP contribution in [0.15, 0.2) is 42.5 Å². The molecule has 0 unspecified atom stereocenters. The molecule has 1 heterocycles. The molecule has 4 heteroatoms. The molecule has 0 atom stereocenters. The highest BCUT2D eigenvalue weighted by Gasteiger charge is 1.98. The Labute approximate surface area is 106 Å². The summed E-state index contributed by atoms with van der Waals surface area (Å²) in [6.45, 7) is 0.102. The van der Waals surface area contributed by atoms with Gasteiger partial charge in [-0.1, -0.05) is 18.2 Å². The summed E-state index contributed by atoms with van der Waals surface area (Å²) in [5.41, 5.74) is 1.55. The maximum Gasteiger partial charge on any atom is 0.132 e. The zero-order chi connectivity index (χ0) is 12.8. The molecule has 2 rings (SSSR count). The average molecular weight is 246 g/mol. The van der Waals surface area contributed by atoms with Crippen molar-refractivity contribution in [2.45, 2.75) is 13.2 Å². The first-order valence-corrected chi connectivity index (χ1v) is 5.70. The van der Waals surface area contributed by atoms with E-state index >= 15 is 0 Å². The van der Waals surface area contributed by atoms with Crippen LogP contribution in [-0.2, 0) is 13.2 Å². The lowest BCUT2D eigenvalue weighted by Crippen LogP contribution is -2.02. The Balaban J connectivity index is 1.97. The zero-order valence-corrected chi connectivity index (χ0v) is 10.2. The van der Waals surface area contributed by atoms with Crippen molar-refractivity contribution < 1.29 is 9.13 Å². The molecule has 0 aliphatic carbocycles. The lowest BCUT2D eigenvalue weighted by Gasteiger charge is -2.07. The second kappa shape index (κ2) is 6.00. The third-order valence-electron chi connectivity index (χ3n) is 2.58. The summed E-state index contributed by atoms with van der Waals surface area (Å²) in [5.74, 6) is 1.51. The van der Waals surface area contributed by atoms with E-state index in [9.17, 15) is 4.39 Å². The normalized spacial score (nSPS) is 10.1. The molecule has 0 spiro atoms. The van der Waals surface area contributed by atoms with E-state index in [1.807, 2.05) is 30.3 Å². The van der Waals surface area contributed by atoms with Crippen LogP contribution >= 0.6 is 0 Å². The molecule has 1 N–H and O–H groups in total. The maximum atomic E-state index is 12.4. The van der Waals surface area contributed by atoms with Gasteiger partial charge in [-0.25, -0.2) is 9.37 Å². The summed E-state index contributed by atoms with van der Waals surface area (Å²) in [6, 6.07) is 13.0. The molecule has 0 saturated carbocycles. The number of hydrogen-bond acceptors (Lipinski definition) is 3. The fourth-order valence-electron chi connectivity index (χ4n) is 1.59. The van der Waals surface area contributed by atoms with Gasteiger partial charge in [0.1, 0.15) is 18.2 Å². The summed E-state index contributed by atoms with van der Waals surface area (Å²) >= 11 is 0. The molecule has 0 fully saturated rings. The molecule has 0 aliphatic heterocycles. The fourth-order valence-corrected chi connectivity index (χ4v) is 1.59. The van der Waals surface area contributed by atoms with Gasteiger partial charge in [0.05, 0.1) is 12.8 Å². The van der Waals surface area contributed by atoms with E-state index in [1.165, 1.54) is 0 Å². The second-order valence-corrected chi connectivity index (χ2v) is 3.85. The van der Waals surface area contributed by atoms with E-state index in [4.69, 9.17) is 4.74 Å². The summed E-state index contributed by atoms with van der Waals surface area (Å²) in [6.07, 6.45) is 0. The third kappa shape index (κ3) is 3.20. The second-order valence-electron chi connectivity index (χ2n) is 3.85. The summed E-state index contributed by atoms with van der Waals surface area (Å²) in [5, 5.41) is 3.15. The van der Waals surface area contributed by atoms with Crippen molar-refractivity contribution in [3.05, 3.63) is 53.7 Å². The lowest BCUT2D eigenvalue weighted by atomic mass is 10.2. The molecule has 0 aliphatic rings. The van der Waals surface area contributed by atoms with E-state index in [1.54, 1.807) is 19.2 Å². The van der Waals surface area contributed by atoms with E-state index < -0.39 is 6.67 Å². The fraction of sp³-hybridized carbons (Fsp3) is 0.214. The third-order valence-corrected chi connectivity index (χ3v) is 2.58. The molecular weight excluding hydrogens is 231 g/mol. The van der Waals surface area contributed by atoms with Crippen LogP contribution in [-0.4, -0.2) is 12.1 Å². The predicted molar refractivity (Wildman–Crippen MR) is 69.4 cm³/mol. The number of methoxy groups -OCH3 is 1. The number of pyridine rings is 1. The van der Waals surface area contributed by atoms with Gasteiger partial charge in [0.15, 0.2) is 0 Å². The monoisotopic (exact) mass is 246 g/mol. The topological polar surface area (TPSA) is 34.1 Å². The Morgan fingerprint density at radius 1 is 1.17 bits per heavy atom. The Kier molecular flexibility index (Phi) is 4.12.